The van der Waals surface area contributed by atoms with Crippen molar-refractivity contribution in [3.05, 3.63) is 16.4 Å². The number of hydrogen-bond donors (Lipinski definition) is 0. The standard InChI is InChI=1S/C13H14BrN3OS/c1-19-12-16-7-9(14)10(17-12)11(18)13(8-15)5-3-2-4-6-13/h7H,2-6H2,1H3. The Labute approximate surface area is 125 Å². The molecule has 0 bridgehead atoms. The molecular weight excluding hydrogens is 326 g/mol. The molecule has 2 rings (SSSR count). The number of Topliss-reactive ketones (excluding diaryl/α,β-unsaturated/α-hetero) is 1. The van der Waals surface area contributed by atoms with Gasteiger partial charge in [-0.1, -0.05) is 31.0 Å². The maximum Gasteiger partial charge on any atom is 0.202 e. The van der Waals surface area contributed by atoms with Gasteiger partial charge in [0.15, 0.2) is 5.16 Å². The van der Waals surface area contributed by atoms with Crippen LogP contribution in [0.15, 0.2) is 15.8 Å². The second-order valence-electron chi connectivity index (χ2n) is 4.64. The molecule has 100 valence electrons. The average Bonchev–Trinajstić information content (AvgIpc) is 2.47. The van der Waals surface area contributed by atoms with Gasteiger partial charge in [0.25, 0.3) is 0 Å². The third-order valence-electron chi connectivity index (χ3n) is 3.48. The highest BCUT2D eigenvalue weighted by molar-refractivity contribution is 9.10. The highest BCUT2D eigenvalue weighted by Gasteiger charge is 2.41. The van der Waals surface area contributed by atoms with Crippen molar-refractivity contribution in [3.8, 4) is 6.07 Å². The molecule has 4 nitrogen and oxygen atoms in total. The van der Waals surface area contributed by atoms with Crippen molar-refractivity contribution in [2.75, 3.05) is 6.26 Å². The van der Waals surface area contributed by atoms with Gasteiger partial charge >= 0.3 is 0 Å². The fraction of sp³-hybridized carbons (Fsp3) is 0.538. The van der Waals surface area contributed by atoms with Crippen molar-refractivity contribution >= 4 is 33.5 Å². The summed E-state index contributed by atoms with van der Waals surface area (Å²) in [6, 6.07) is 2.24. The molecule has 6 heteroatoms. The first kappa shape index (κ1) is 14.5. The van der Waals surface area contributed by atoms with Crippen LogP contribution in [0, 0.1) is 16.7 Å². The Hall–Kier alpha value is -0.930. The predicted octanol–water partition coefficient (Wildman–Crippen LogP) is 3.62. The third kappa shape index (κ3) is 2.82. The van der Waals surface area contributed by atoms with Crippen molar-refractivity contribution in [1.29, 1.82) is 5.26 Å². The molecule has 0 atom stereocenters. The molecule has 1 aromatic rings. The number of carbonyl (C=O) groups is 1. The first-order valence-electron chi connectivity index (χ1n) is 6.15. The van der Waals surface area contributed by atoms with Crippen LogP contribution in [0.5, 0.6) is 0 Å². The van der Waals surface area contributed by atoms with Gasteiger partial charge in [-0.25, -0.2) is 9.97 Å². The van der Waals surface area contributed by atoms with E-state index in [9.17, 15) is 10.1 Å². The first-order chi connectivity index (χ1) is 9.13. The Morgan fingerprint density at radius 2 is 2.16 bits per heavy atom. The molecule has 0 spiro atoms. The Kier molecular flexibility index (Phi) is 4.58. The molecular formula is C13H14BrN3OS. The van der Waals surface area contributed by atoms with Gasteiger partial charge < -0.3 is 0 Å². The lowest BCUT2D eigenvalue weighted by Gasteiger charge is -2.28. The zero-order chi connectivity index (χ0) is 13.9. The minimum absolute atomic E-state index is 0.167. The van der Waals surface area contributed by atoms with E-state index >= 15 is 0 Å². The molecule has 1 aliphatic rings. The van der Waals surface area contributed by atoms with Crippen LogP contribution >= 0.6 is 27.7 Å². The monoisotopic (exact) mass is 339 g/mol. The van der Waals surface area contributed by atoms with Crippen LogP contribution in [-0.2, 0) is 0 Å². The summed E-state index contributed by atoms with van der Waals surface area (Å²) in [6.07, 6.45) is 7.66. The number of carbonyl (C=O) groups excluding carboxylic acids is 1. The van der Waals surface area contributed by atoms with E-state index in [1.165, 1.54) is 11.8 Å². The van der Waals surface area contributed by atoms with Crippen LogP contribution in [0.4, 0.5) is 0 Å². The predicted molar refractivity (Wildman–Crippen MR) is 77.0 cm³/mol. The molecule has 0 N–H and O–H groups in total. The molecule has 19 heavy (non-hydrogen) atoms. The van der Waals surface area contributed by atoms with Crippen molar-refractivity contribution < 1.29 is 4.79 Å². The van der Waals surface area contributed by atoms with Crippen LogP contribution in [-0.4, -0.2) is 22.0 Å². The van der Waals surface area contributed by atoms with E-state index in [2.05, 4.69) is 32.0 Å². The van der Waals surface area contributed by atoms with Crippen molar-refractivity contribution in [1.82, 2.24) is 9.97 Å². The molecule has 1 aromatic heterocycles. The second-order valence-corrected chi connectivity index (χ2v) is 6.26. The average molecular weight is 340 g/mol. The third-order valence-corrected chi connectivity index (χ3v) is 4.62. The highest BCUT2D eigenvalue weighted by Crippen LogP contribution is 2.39. The van der Waals surface area contributed by atoms with Crippen LogP contribution in [0.3, 0.4) is 0 Å². The van der Waals surface area contributed by atoms with E-state index < -0.39 is 5.41 Å². The Morgan fingerprint density at radius 3 is 2.74 bits per heavy atom. The summed E-state index contributed by atoms with van der Waals surface area (Å²) in [5, 5.41) is 10.0. The summed E-state index contributed by atoms with van der Waals surface area (Å²) in [4.78, 5) is 21.1. The minimum atomic E-state index is -0.898. The Morgan fingerprint density at radius 1 is 1.47 bits per heavy atom. The van der Waals surface area contributed by atoms with Crippen molar-refractivity contribution in [3.63, 3.8) is 0 Å². The minimum Gasteiger partial charge on any atom is -0.291 e. The molecule has 0 aromatic carbocycles. The maximum atomic E-state index is 12.7. The van der Waals surface area contributed by atoms with Gasteiger partial charge in [-0.3, -0.25) is 4.79 Å². The summed E-state index contributed by atoms with van der Waals surface area (Å²) < 4.78 is 0.565. The number of thioether (sulfide) groups is 1. The molecule has 0 saturated heterocycles. The molecule has 0 aliphatic heterocycles. The fourth-order valence-electron chi connectivity index (χ4n) is 2.38. The molecule has 1 heterocycles. The molecule has 0 radical (unpaired) electrons. The van der Waals surface area contributed by atoms with Crippen LogP contribution < -0.4 is 0 Å². The van der Waals surface area contributed by atoms with E-state index in [0.29, 0.717) is 28.2 Å². The largest absolute Gasteiger partial charge is 0.291 e. The van der Waals surface area contributed by atoms with Gasteiger partial charge in [-0.05, 0) is 35.0 Å². The lowest BCUT2D eigenvalue weighted by Crippen LogP contribution is -2.33. The smallest absolute Gasteiger partial charge is 0.202 e. The summed E-state index contributed by atoms with van der Waals surface area (Å²) in [6.45, 7) is 0. The number of aromatic nitrogens is 2. The van der Waals surface area contributed by atoms with Crippen LogP contribution in [0.2, 0.25) is 0 Å². The summed E-state index contributed by atoms with van der Waals surface area (Å²) in [7, 11) is 0. The topological polar surface area (TPSA) is 66.6 Å². The number of rotatable bonds is 3. The van der Waals surface area contributed by atoms with E-state index in [1.807, 2.05) is 6.26 Å². The molecule has 0 unspecified atom stereocenters. The van der Waals surface area contributed by atoms with E-state index in [1.54, 1.807) is 6.20 Å². The second kappa shape index (κ2) is 6.02. The van der Waals surface area contributed by atoms with Gasteiger partial charge in [0.05, 0.1) is 10.5 Å². The zero-order valence-corrected chi connectivity index (χ0v) is 13.1. The number of nitrogens with zero attached hydrogens (tertiary/aromatic N) is 3. The maximum absolute atomic E-state index is 12.7. The molecule has 1 aliphatic carbocycles. The fourth-order valence-corrected chi connectivity index (χ4v) is 3.09. The van der Waals surface area contributed by atoms with Gasteiger partial charge in [-0.15, -0.1) is 0 Å². The summed E-state index contributed by atoms with van der Waals surface area (Å²) in [5.41, 5.74) is -0.562. The number of nitriles is 1. The quantitative estimate of drug-likeness (QED) is 0.478. The van der Waals surface area contributed by atoms with Crippen molar-refractivity contribution in [2.24, 2.45) is 5.41 Å². The Bertz CT molecular complexity index is 535. The lowest BCUT2D eigenvalue weighted by atomic mass is 9.71. The molecule has 1 fully saturated rings. The van der Waals surface area contributed by atoms with E-state index in [-0.39, 0.29) is 5.78 Å². The number of hydrogen-bond acceptors (Lipinski definition) is 5. The first-order valence-corrected chi connectivity index (χ1v) is 8.17. The molecule has 0 amide bonds. The van der Waals surface area contributed by atoms with Gasteiger partial charge in [0, 0.05) is 6.20 Å². The number of halogens is 1. The normalized spacial score (nSPS) is 17.7. The van der Waals surface area contributed by atoms with Crippen LogP contribution in [0.1, 0.15) is 42.6 Å². The Balaban J connectivity index is 2.40. The van der Waals surface area contributed by atoms with Gasteiger partial charge in [0.2, 0.25) is 5.78 Å². The van der Waals surface area contributed by atoms with Gasteiger partial charge in [-0.2, -0.15) is 5.26 Å². The van der Waals surface area contributed by atoms with E-state index in [0.717, 1.165) is 19.3 Å². The SMILES string of the molecule is CSc1ncc(Br)c(C(=O)C2(C#N)CCCCC2)n1. The highest BCUT2D eigenvalue weighted by atomic mass is 79.9. The van der Waals surface area contributed by atoms with Crippen molar-refractivity contribution in [2.45, 2.75) is 37.3 Å². The summed E-state index contributed by atoms with van der Waals surface area (Å²) in [5.74, 6) is -0.167. The lowest BCUT2D eigenvalue weighted by molar-refractivity contribution is 0.0802. The van der Waals surface area contributed by atoms with Gasteiger partial charge in [0.1, 0.15) is 11.1 Å². The molecule has 1 saturated carbocycles. The van der Waals surface area contributed by atoms with E-state index in [4.69, 9.17) is 0 Å². The summed E-state index contributed by atoms with van der Waals surface area (Å²) >= 11 is 4.70. The van der Waals surface area contributed by atoms with Crippen LogP contribution in [0.25, 0.3) is 0 Å². The zero-order valence-electron chi connectivity index (χ0n) is 10.6. The number of ketones is 1.